The lowest BCUT2D eigenvalue weighted by molar-refractivity contribution is 0.0933. The fourth-order valence-electron chi connectivity index (χ4n) is 2.56. The van der Waals surface area contributed by atoms with Crippen molar-refractivity contribution in [3.63, 3.8) is 0 Å². The van der Waals surface area contributed by atoms with Gasteiger partial charge in [-0.3, -0.25) is 4.79 Å². The molecule has 21 heavy (non-hydrogen) atoms. The van der Waals surface area contributed by atoms with Crippen LogP contribution in [0.5, 0.6) is 5.75 Å². The standard InChI is InChI=1S/C18H19NO2/c1-3-13-4-6-14(7-5-13)19(2)15-8-9-16-17(20)10-11-21-18(16)12-15/h4-9,12H,3,10-11H2,1-2H3. The number of aryl methyl sites for hydroxylation is 1. The molecule has 1 aliphatic heterocycles. The number of anilines is 2. The minimum Gasteiger partial charge on any atom is -0.492 e. The number of ether oxygens (including phenoxy) is 1. The summed E-state index contributed by atoms with van der Waals surface area (Å²) in [5, 5.41) is 0. The highest BCUT2D eigenvalue weighted by Gasteiger charge is 2.19. The van der Waals surface area contributed by atoms with Gasteiger partial charge in [0.25, 0.3) is 0 Å². The highest BCUT2D eigenvalue weighted by atomic mass is 16.5. The van der Waals surface area contributed by atoms with E-state index in [1.807, 2.05) is 25.2 Å². The van der Waals surface area contributed by atoms with Crippen molar-refractivity contribution in [3.8, 4) is 5.75 Å². The summed E-state index contributed by atoms with van der Waals surface area (Å²) >= 11 is 0. The van der Waals surface area contributed by atoms with Crippen LogP contribution in [0.4, 0.5) is 11.4 Å². The maximum absolute atomic E-state index is 11.8. The molecular weight excluding hydrogens is 262 g/mol. The van der Waals surface area contributed by atoms with Crippen LogP contribution in [0.2, 0.25) is 0 Å². The smallest absolute Gasteiger partial charge is 0.169 e. The third-order valence-electron chi connectivity index (χ3n) is 3.97. The molecule has 0 bridgehead atoms. The SMILES string of the molecule is CCc1ccc(N(C)c2ccc3c(c2)OCCC3=O)cc1. The van der Waals surface area contributed by atoms with Crippen LogP contribution in [-0.2, 0) is 6.42 Å². The highest BCUT2D eigenvalue weighted by Crippen LogP contribution is 2.32. The van der Waals surface area contributed by atoms with E-state index in [1.54, 1.807) is 0 Å². The van der Waals surface area contributed by atoms with E-state index in [1.165, 1.54) is 5.56 Å². The van der Waals surface area contributed by atoms with Gasteiger partial charge in [0, 0.05) is 30.9 Å². The molecule has 0 amide bonds. The first-order chi connectivity index (χ1) is 10.2. The Labute approximate surface area is 125 Å². The van der Waals surface area contributed by atoms with Gasteiger partial charge in [-0.05, 0) is 36.2 Å². The summed E-state index contributed by atoms with van der Waals surface area (Å²) in [6.45, 7) is 2.63. The van der Waals surface area contributed by atoms with Crippen molar-refractivity contribution < 1.29 is 9.53 Å². The van der Waals surface area contributed by atoms with Gasteiger partial charge in [0.05, 0.1) is 12.2 Å². The Morgan fingerprint density at radius 3 is 2.52 bits per heavy atom. The lowest BCUT2D eigenvalue weighted by atomic mass is 10.0. The summed E-state index contributed by atoms with van der Waals surface area (Å²) in [5.74, 6) is 0.860. The minimum absolute atomic E-state index is 0.165. The lowest BCUT2D eigenvalue weighted by Gasteiger charge is -2.23. The average molecular weight is 281 g/mol. The summed E-state index contributed by atoms with van der Waals surface area (Å²) in [6, 6.07) is 14.3. The first kappa shape index (κ1) is 13.7. The number of hydrogen-bond acceptors (Lipinski definition) is 3. The second-order valence-corrected chi connectivity index (χ2v) is 5.28. The topological polar surface area (TPSA) is 29.5 Å². The Morgan fingerprint density at radius 1 is 1.10 bits per heavy atom. The number of nitrogens with zero attached hydrogens (tertiary/aromatic N) is 1. The van der Waals surface area contributed by atoms with Gasteiger partial charge < -0.3 is 9.64 Å². The fourth-order valence-corrected chi connectivity index (χ4v) is 2.56. The molecular formula is C18H19NO2. The Hall–Kier alpha value is -2.29. The van der Waals surface area contributed by atoms with Crippen LogP contribution >= 0.6 is 0 Å². The van der Waals surface area contributed by atoms with E-state index >= 15 is 0 Å². The molecule has 3 heteroatoms. The number of carbonyl (C=O) groups is 1. The third kappa shape index (κ3) is 2.64. The van der Waals surface area contributed by atoms with Crippen LogP contribution in [0.1, 0.15) is 29.3 Å². The zero-order valence-corrected chi connectivity index (χ0v) is 12.4. The van der Waals surface area contributed by atoms with Crippen molar-refractivity contribution in [2.45, 2.75) is 19.8 Å². The zero-order chi connectivity index (χ0) is 14.8. The molecule has 1 heterocycles. The molecule has 0 radical (unpaired) electrons. The summed E-state index contributed by atoms with van der Waals surface area (Å²) in [5.41, 5.74) is 4.16. The average Bonchev–Trinajstić information content (AvgIpc) is 2.54. The molecule has 0 saturated heterocycles. The van der Waals surface area contributed by atoms with E-state index in [0.29, 0.717) is 24.3 Å². The van der Waals surface area contributed by atoms with Crippen molar-refractivity contribution in [1.29, 1.82) is 0 Å². The molecule has 2 aromatic carbocycles. The van der Waals surface area contributed by atoms with Gasteiger partial charge in [-0.1, -0.05) is 19.1 Å². The maximum atomic E-state index is 11.8. The number of rotatable bonds is 3. The lowest BCUT2D eigenvalue weighted by Crippen LogP contribution is -2.16. The number of carbonyl (C=O) groups excluding carboxylic acids is 1. The Balaban J connectivity index is 1.90. The van der Waals surface area contributed by atoms with Gasteiger partial charge in [-0.25, -0.2) is 0 Å². The monoisotopic (exact) mass is 281 g/mol. The largest absolute Gasteiger partial charge is 0.492 e. The van der Waals surface area contributed by atoms with Gasteiger partial charge in [-0.2, -0.15) is 0 Å². The highest BCUT2D eigenvalue weighted by molar-refractivity contribution is 6.00. The molecule has 0 fully saturated rings. The molecule has 3 nitrogen and oxygen atoms in total. The molecule has 0 saturated carbocycles. The van der Waals surface area contributed by atoms with Crippen LogP contribution in [0.25, 0.3) is 0 Å². The minimum atomic E-state index is 0.165. The summed E-state index contributed by atoms with van der Waals surface area (Å²) in [7, 11) is 2.02. The van der Waals surface area contributed by atoms with E-state index in [2.05, 4.69) is 36.1 Å². The second-order valence-electron chi connectivity index (χ2n) is 5.28. The number of benzene rings is 2. The molecule has 0 aromatic heterocycles. The van der Waals surface area contributed by atoms with Gasteiger partial charge in [-0.15, -0.1) is 0 Å². The Bertz CT molecular complexity index is 661. The molecule has 0 atom stereocenters. The zero-order valence-electron chi connectivity index (χ0n) is 12.4. The van der Waals surface area contributed by atoms with Gasteiger partial charge in [0.15, 0.2) is 5.78 Å². The quantitative estimate of drug-likeness (QED) is 0.852. The molecule has 108 valence electrons. The van der Waals surface area contributed by atoms with E-state index < -0.39 is 0 Å². The van der Waals surface area contributed by atoms with E-state index in [0.717, 1.165) is 17.8 Å². The number of ketones is 1. The summed E-state index contributed by atoms with van der Waals surface area (Å²) < 4.78 is 5.61. The van der Waals surface area contributed by atoms with E-state index in [9.17, 15) is 4.79 Å². The van der Waals surface area contributed by atoms with Crippen molar-refractivity contribution >= 4 is 17.2 Å². The van der Waals surface area contributed by atoms with Crippen LogP contribution in [0.15, 0.2) is 42.5 Å². The predicted octanol–water partition coefficient (Wildman–Crippen LogP) is 3.98. The van der Waals surface area contributed by atoms with Crippen LogP contribution in [0.3, 0.4) is 0 Å². The molecule has 0 unspecified atom stereocenters. The van der Waals surface area contributed by atoms with E-state index in [-0.39, 0.29) is 5.78 Å². The van der Waals surface area contributed by atoms with Gasteiger partial charge >= 0.3 is 0 Å². The first-order valence-electron chi connectivity index (χ1n) is 7.31. The van der Waals surface area contributed by atoms with Crippen molar-refractivity contribution in [1.82, 2.24) is 0 Å². The summed E-state index contributed by atoms with van der Waals surface area (Å²) in [4.78, 5) is 13.9. The summed E-state index contributed by atoms with van der Waals surface area (Å²) in [6.07, 6.45) is 1.51. The second kappa shape index (κ2) is 5.60. The Kier molecular flexibility index (Phi) is 3.65. The van der Waals surface area contributed by atoms with Gasteiger partial charge in [0.2, 0.25) is 0 Å². The molecule has 3 rings (SSSR count). The molecule has 1 aliphatic rings. The number of hydrogen-bond donors (Lipinski definition) is 0. The molecule has 0 aliphatic carbocycles. The van der Waals surface area contributed by atoms with Crippen LogP contribution in [-0.4, -0.2) is 19.4 Å². The predicted molar refractivity (Wildman–Crippen MR) is 84.8 cm³/mol. The first-order valence-corrected chi connectivity index (χ1v) is 7.31. The fraction of sp³-hybridized carbons (Fsp3) is 0.278. The number of fused-ring (bicyclic) bond motifs is 1. The van der Waals surface area contributed by atoms with E-state index in [4.69, 9.17) is 4.74 Å². The molecule has 0 spiro atoms. The van der Waals surface area contributed by atoms with Crippen LogP contribution < -0.4 is 9.64 Å². The van der Waals surface area contributed by atoms with Crippen molar-refractivity contribution in [2.24, 2.45) is 0 Å². The third-order valence-corrected chi connectivity index (χ3v) is 3.97. The number of Topliss-reactive ketones (excluding diaryl/α,β-unsaturated/α-hetero) is 1. The molecule has 0 N–H and O–H groups in total. The van der Waals surface area contributed by atoms with Crippen LogP contribution in [0, 0.1) is 0 Å². The van der Waals surface area contributed by atoms with Gasteiger partial charge in [0.1, 0.15) is 5.75 Å². The maximum Gasteiger partial charge on any atom is 0.169 e. The Morgan fingerprint density at radius 2 is 1.81 bits per heavy atom. The molecule has 2 aromatic rings. The van der Waals surface area contributed by atoms with Crippen molar-refractivity contribution in [3.05, 3.63) is 53.6 Å². The van der Waals surface area contributed by atoms with Crippen molar-refractivity contribution in [2.75, 3.05) is 18.6 Å². The normalized spacial score (nSPS) is 13.5.